The van der Waals surface area contributed by atoms with Gasteiger partial charge < -0.3 is 13.6 Å². The minimum atomic E-state index is -0.577. The third-order valence-electron chi connectivity index (χ3n) is 6.82. The summed E-state index contributed by atoms with van der Waals surface area (Å²) in [6, 6.07) is 19.0. The van der Waals surface area contributed by atoms with Crippen molar-refractivity contribution in [3.8, 4) is 16.9 Å². The highest BCUT2D eigenvalue weighted by atomic mass is 16.6. The van der Waals surface area contributed by atoms with Crippen LogP contribution in [0.15, 0.2) is 102 Å². The maximum atomic E-state index is 12.6. The Balaban J connectivity index is 1.40. The van der Waals surface area contributed by atoms with Crippen LogP contribution in [0.5, 0.6) is 0 Å². The molecular formula is C29H23N7O4. The van der Waals surface area contributed by atoms with Crippen molar-refractivity contribution in [2.45, 2.75) is 12.5 Å². The number of fused-ring (bicyclic) bond motifs is 1. The third-order valence-corrected chi connectivity index (χ3v) is 6.82. The van der Waals surface area contributed by atoms with Crippen molar-refractivity contribution < 1.29 is 14.1 Å². The number of non-ortho nitro benzene ring substituents is 1. The van der Waals surface area contributed by atoms with Crippen LogP contribution in [-0.4, -0.2) is 35.4 Å². The quantitative estimate of drug-likeness (QED) is 0.141. The fourth-order valence-corrected chi connectivity index (χ4v) is 4.79. The van der Waals surface area contributed by atoms with Crippen LogP contribution < -0.4 is 4.90 Å². The Morgan fingerprint density at radius 1 is 1.07 bits per heavy atom. The molecule has 6 aromatic rings. The molecule has 198 valence electrons. The van der Waals surface area contributed by atoms with Gasteiger partial charge in [-0.1, -0.05) is 18.2 Å². The summed E-state index contributed by atoms with van der Waals surface area (Å²) in [6.45, 7) is 0. The van der Waals surface area contributed by atoms with Gasteiger partial charge in [-0.05, 0) is 35.9 Å². The minimum Gasteiger partial charge on any atom is -0.440 e. The molecule has 11 heteroatoms. The Labute approximate surface area is 228 Å². The first-order valence-electron chi connectivity index (χ1n) is 12.4. The summed E-state index contributed by atoms with van der Waals surface area (Å²) in [7, 11) is 1.90. The van der Waals surface area contributed by atoms with Crippen LogP contribution in [0.1, 0.15) is 17.6 Å². The topological polar surface area (TPSA) is 125 Å². The lowest BCUT2D eigenvalue weighted by Gasteiger charge is -2.26. The molecule has 0 spiro atoms. The van der Waals surface area contributed by atoms with E-state index in [1.165, 1.54) is 23.1 Å². The molecule has 0 fully saturated rings. The second kappa shape index (κ2) is 10.3. The van der Waals surface area contributed by atoms with Gasteiger partial charge >= 0.3 is 0 Å². The van der Waals surface area contributed by atoms with E-state index >= 15 is 0 Å². The van der Waals surface area contributed by atoms with E-state index in [2.05, 4.69) is 9.97 Å². The zero-order valence-corrected chi connectivity index (χ0v) is 21.4. The molecule has 4 heterocycles. The predicted octanol–water partition coefficient (Wildman–Crippen LogP) is 5.27. The summed E-state index contributed by atoms with van der Waals surface area (Å²) < 4.78 is 9.85. The Morgan fingerprint density at radius 3 is 2.62 bits per heavy atom. The van der Waals surface area contributed by atoms with Crippen LogP contribution in [0.25, 0.3) is 27.9 Å². The van der Waals surface area contributed by atoms with E-state index in [9.17, 15) is 14.9 Å². The predicted molar refractivity (Wildman–Crippen MR) is 148 cm³/mol. The molecule has 1 atom stereocenters. The highest BCUT2D eigenvalue weighted by Crippen LogP contribution is 2.35. The number of nitro groups is 1. The third kappa shape index (κ3) is 4.60. The van der Waals surface area contributed by atoms with Crippen molar-refractivity contribution in [2.75, 3.05) is 4.90 Å². The highest BCUT2D eigenvalue weighted by Gasteiger charge is 2.29. The molecule has 0 aliphatic heterocycles. The molecule has 0 saturated heterocycles. The van der Waals surface area contributed by atoms with E-state index in [0.717, 1.165) is 22.6 Å². The lowest BCUT2D eigenvalue weighted by molar-refractivity contribution is -0.384. The normalized spacial score (nSPS) is 11.9. The van der Waals surface area contributed by atoms with Gasteiger partial charge in [0.15, 0.2) is 0 Å². The van der Waals surface area contributed by atoms with Crippen molar-refractivity contribution in [2.24, 2.45) is 7.05 Å². The number of hydrogen-bond donors (Lipinski definition) is 0. The largest absolute Gasteiger partial charge is 0.440 e. The molecule has 0 radical (unpaired) electrons. The van der Waals surface area contributed by atoms with E-state index < -0.39 is 11.0 Å². The SMILES string of the molecule is Cn1c(-c2ccc(-n3ccnc3)cc2)cnc1C(Cc1ccccn1)N(C=O)c1cc2cc([N+](=O)[O-])ccc2o1. The number of hydrogen-bond acceptors (Lipinski definition) is 7. The standard InChI is InChI=1S/C29H23N7O4/c1-33-26(20-5-7-23(8-6-20)34-13-12-30-18-34)17-32-29(33)25(16-22-4-2-3-11-31-22)35(19-37)28-15-21-14-24(36(38)39)9-10-27(21)40-28/h2-15,17-19,25H,16H2,1H3. The molecular weight excluding hydrogens is 510 g/mol. The highest BCUT2D eigenvalue weighted by molar-refractivity contribution is 5.86. The first-order chi connectivity index (χ1) is 19.5. The van der Waals surface area contributed by atoms with Crippen molar-refractivity contribution >= 4 is 29.0 Å². The summed E-state index contributed by atoms with van der Waals surface area (Å²) in [5.41, 5.74) is 3.94. The summed E-state index contributed by atoms with van der Waals surface area (Å²) >= 11 is 0. The number of benzene rings is 2. The van der Waals surface area contributed by atoms with E-state index in [4.69, 9.17) is 9.40 Å². The zero-order chi connectivity index (χ0) is 27.6. The molecule has 4 aromatic heterocycles. The average Bonchev–Trinajstić information content (AvgIpc) is 3.73. The summed E-state index contributed by atoms with van der Waals surface area (Å²) in [5.74, 6) is 0.874. The van der Waals surface area contributed by atoms with Gasteiger partial charge in [0, 0.05) is 67.0 Å². The number of aromatic nitrogens is 5. The van der Waals surface area contributed by atoms with Crippen LogP contribution in [0.2, 0.25) is 0 Å². The second-order valence-corrected chi connectivity index (χ2v) is 9.20. The van der Waals surface area contributed by atoms with Gasteiger partial charge in [-0.15, -0.1) is 0 Å². The summed E-state index contributed by atoms with van der Waals surface area (Å²) in [4.78, 5) is 38.1. The summed E-state index contributed by atoms with van der Waals surface area (Å²) in [6.07, 6.45) is 9.87. The second-order valence-electron chi connectivity index (χ2n) is 9.20. The van der Waals surface area contributed by atoms with Gasteiger partial charge in [-0.2, -0.15) is 0 Å². The average molecular weight is 534 g/mol. The molecule has 0 aliphatic rings. The van der Waals surface area contributed by atoms with Crippen LogP contribution in [0, 0.1) is 10.1 Å². The van der Waals surface area contributed by atoms with Gasteiger partial charge in [0.25, 0.3) is 5.69 Å². The molecule has 0 aliphatic carbocycles. The van der Waals surface area contributed by atoms with Crippen molar-refractivity contribution in [1.82, 2.24) is 24.1 Å². The van der Waals surface area contributed by atoms with Crippen LogP contribution >= 0.6 is 0 Å². The molecule has 0 bridgehead atoms. The monoisotopic (exact) mass is 533 g/mol. The molecule has 6 rings (SSSR count). The number of rotatable bonds is 9. The molecule has 1 amide bonds. The number of carbonyl (C=O) groups excluding carboxylic acids is 1. The first-order valence-corrected chi connectivity index (χ1v) is 12.4. The zero-order valence-electron chi connectivity index (χ0n) is 21.4. The molecule has 1 unspecified atom stereocenters. The number of imidazole rings is 2. The maximum Gasteiger partial charge on any atom is 0.270 e. The number of carbonyl (C=O) groups is 1. The van der Waals surface area contributed by atoms with Crippen LogP contribution in [0.4, 0.5) is 11.6 Å². The lowest BCUT2D eigenvalue weighted by Crippen LogP contribution is -2.31. The van der Waals surface area contributed by atoms with Crippen molar-refractivity contribution in [3.63, 3.8) is 0 Å². The van der Waals surface area contributed by atoms with E-state index in [1.807, 2.05) is 64.8 Å². The molecule has 11 nitrogen and oxygen atoms in total. The number of furan rings is 1. The molecule has 0 N–H and O–H groups in total. The molecule has 2 aromatic carbocycles. The van der Waals surface area contributed by atoms with Gasteiger partial charge in [0.1, 0.15) is 17.4 Å². The van der Waals surface area contributed by atoms with Crippen molar-refractivity contribution in [1.29, 1.82) is 0 Å². The maximum absolute atomic E-state index is 12.6. The Kier molecular flexibility index (Phi) is 6.37. The van der Waals surface area contributed by atoms with Crippen LogP contribution in [-0.2, 0) is 18.3 Å². The number of anilines is 1. The Hall–Kier alpha value is -5.58. The van der Waals surface area contributed by atoms with Crippen molar-refractivity contribution in [3.05, 3.63) is 119 Å². The smallest absolute Gasteiger partial charge is 0.270 e. The number of pyridine rings is 1. The van der Waals surface area contributed by atoms with E-state index in [1.54, 1.807) is 31.0 Å². The van der Waals surface area contributed by atoms with Gasteiger partial charge in [0.2, 0.25) is 12.3 Å². The molecule has 40 heavy (non-hydrogen) atoms. The van der Waals surface area contributed by atoms with Gasteiger partial charge in [-0.25, -0.2) is 9.97 Å². The first kappa shape index (κ1) is 24.7. The fraction of sp³-hybridized carbons (Fsp3) is 0.103. The van der Waals surface area contributed by atoms with Gasteiger partial charge in [0.05, 0.1) is 23.1 Å². The van der Waals surface area contributed by atoms with E-state index in [-0.39, 0.29) is 11.6 Å². The van der Waals surface area contributed by atoms with Gasteiger partial charge in [-0.3, -0.25) is 24.8 Å². The van der Waals surface area contributed by atoms with E-state index in [0.29, 0.717) is 29.6 Å². The number of nitro benzene ring substituents is 1. The summed E-state index contributed by atoms with van der Waals surface area (Å²) in [5, 5.41) is 11.8. The Bertz CT molecular complexity index is 1790. The number of nitrogens with zero attached hydrogens (tertiary/aromatic N) is 7. The Morgan fingerprint density at radius 2 is 1.93 bits per heavy atom. The van der Waals surface area contributed by atoms with Crippen LogP contribution in [0.3, 0.4) is 0 Å². The lowest BCUT2D eigenvalue weighted by atomic mass is 10.1. The minimum absolute atomic E-state index is 0.0599. The molecule has 0 saturated carbocycles. The fourth-order valence-electron chi connectivity index (χ4n) is 4.79. The number of amides is 1.